The van der Waals surface area contributed by atoms with Gasteiger partial charge in [-0.3, -0.25) is 4.57 Å². The molecule has 12 rings (SSSR count). The number of rotatable bonds is 5. The molecule has 0 atom stereocenters. The van der Waals surface area contributed by atoms with Gasteiger partial charge in [-0.1, -0.05) is 145 Å². The van der Waals surface area contributed by atoms with Crippen molar-refractivity contribution in [2.75, 3.05) is 0 Å². The molecule has 0 aliphatic carbocycles. The molecular weight excluding hydrogens is 711 g/mol. The molecule has 0 fully saturated rings. The van der Waals surface area contributed by atoms with E-state index in [2.05, 4.69) is 131 Å². The van der Waals surface area contributed by atoms with Crippen LogP contribution in [0.3, 0.4) is 0 Å². The predicted octanol–water partition coefficient (Wildman–Crippen LogP) is 13.3. The van der Waals surface area contributed by atoms with E-state index >= 15 is 0 Å². The lowest BCUT2D eigenvalue weighted by Gasteiger charge is -2.13. The molecule has 0 saturated heterocycles. The Kier molecular flexibility index (Phi) is 7.04. The standard InChI is InChI=1S/C52H33N5O/c1-32-24-26-33(27-25-32)40-28-36(29-43-39-20-10-13-23-48(39)58-49(40)43)56-44-21-11-8-18-37(44)41-30-42-38-19-9-12-22-45(38)57(47(42)31-46(41)56)52-54-50(34-14-4-2-5-15-34)53-51(55-52)35-16-6-3-7-17-35/h2-31H,1H3. The zero-order valence-electron chi connectivity index (χ0n) is 31.5. The van der Waals surface area contributed by atoms with E-state index in [1.165, 1.54) is 16.3 Å². The van der Waals surface area contributed by atoms with Crippen LogP contribution in [0, 0.1) is 6.92 Å². The van der Waals surface area contributed by atoms with Gasteiger partial charge < -0.3 is 8.98 Å². The van der Waals surface area contributed by atoms with Crippen molar-refractivity contribution in [3.05, 3.63) is 188 Å². The summed E-state index contributed by atoms with van der Waals surface area (Å²) < 4.78 is 11.2. The highest BCUT2D eigenvalue weighted by Gasteiger charge is 2.22. The fraction of sp³-hybridized carbons (Fsp3) is 0.0192. The largest absolute Gasteiger partial charge is 0.455 e. The second kappa shape index (κ2) is 12.6. The van der Waals surface area contributed by atoms with Crippen LogP contribution in [0.5, 0.6) is 0 Å². The average Bonchev–Trinajstić information content (AvgIpc) is 3.93. The predicted molar refractivity (Wildman–Crippen MR) is 237 cm³/mol. The smallest absolute Gasteiger partial charge is 0.238 e. The van der Waals surface area contributed by atoms with Crippen LogP contribution in [-0.2, 0) is 0 Å². The highest BCUT2D eigenvalue weighted by Crippen LogP contribution is 2.43. The number of benzene rings is 8. The molecule has 0 N–H and O–H groups in total. The van der Waals surface area contributed by atoms with Crippen molar-refractivity contribution in [2.24, 2.45) is 0 Å². The number of furan rings is 1. The van der Waals surface area contributed by atoms with Gasteiger partial charge in [0.2, 0.25) is 5.95 Å². The molecule has 0 bridgehead atoms. The summed E-state index contributed by atoms with van der Waals surface area (Å²) in [5.41, 5.74) is 12.3. The van der Waals surface area contributed by atoms with Crippen LogP contribution in [0.15, 0.2) is 186 Å². The highest BCUT2D eigenvalue weighted by molar-refractivity contribution is 6.19. The summed E-state index contributed by atoms with van der Waals surface area (Å²) >= 11 is 0. The lowest BCUT2D eigenvalue weighted by molar-refractivity contribution is 0.670. The van der Waals surface area contributed by atoms with Gasteiger partial charge in [-0.15, -0.1) is 0 Å². The Balaban J connectivity index is 1.19. The fourth-order valence-electron chi connectivity index (χ4n) is 8.71. The van der Waals surface area contributed by atoms with E-state index in [9.17, 15) is 0 Å². The molecule has 8 aromatic carbocycles. The molecule has 272 valence electrons. The first-order chi connectivity index (χ1) is 28.7. The van der Waals surface area contributed by atoms with E-state index in [-0.39, 0.29) is 0 Å². The van der Waals surface area contributed by atoms with Gasteiger partial charge in [-0.2, -0.15) is 9.97 Å². The molecule has 0 aliphatic rings. The Morgan fingerprint density at radius 3 is 1.60 bits per heavy atom. The Bertz CT molecular complexity index is 3500. The molecule has 0 unspecified atom stereocenters. The quantitative estimate of drug-likeness (QED) is 0.176. The molecule has 4 heterocycles. The van der Waals surface area contributed by atoms with E-state index in [1.54, 1.807) is 0 Å². The average molecular weight is 744 g/mol. The number of hydrogen-bond acceptors (Lipinski definition) is 4. The first-order valence-electron chi connectivity index (χ1n) is 19.5. The molecule has 6 heteroatoms. The molecule has 58 heavy (non-hydrogen) atoms. The van der Waals surface area contributed by atoms with E-state index in [1.807, 2.05) is 66.7 Å². The van der Waals surface area contributed by atoms with Crippen molar-refractivity contribution in [3.63, 3.8) is 0 Å². The summed E-state index contributed by atoms with van der Waals surface area (Å²) in [7, 11) is 0. The van der Waals surface area contributed by atoms with Gasteiger partial charge in [0.05, 0.1) is 22.1 Å². The van der Waals surface area contributed by atoms with Crippen LogP contribution in [0.1, 0.15) is 5.56 Å². The summed E-state index contributed by atoms with van der Waals surface area (Å²) in [6.07, 6.45) is 0. The molecule has 0 saturated carbocycles. The van der Waals surface area contributed by atoms with Crippen molar-refractivity contribution in [3.8, 4) is 45.5 Å². The first kappa shape index (κ1) is 32.4. The van der Waals surface area contributed by atoms with E-state index in [0.29, 0.717) is 17.6 Å². The minimum atomic E-state index is 0.564. The molecule has 6 nitrogen and oxygen atoms in total. The Labute approximate surface area is 332 Å². The van der Waals surface area contributed by atoms with Gasteiger partial charge >= 0.3 is 0 Å². The SMILES string of the molecule is Cc1ccc(-c2cc(-n3c4ccccc4c4cc5c6ccccc6n(-c6nc(-c7ccccc7)nc(-c7ccccc7)n6)c5cc43)cc3c2oc2ccccc23)cc1. The van der Waals surface area contributed by atoms with Crippen LogP contribution in [-0.4, -0.2) is 24.1 Å². The van der Waals surface area contributed by atoms with E-state index < -0.39 is 0 Å². The number of para-hydroxylation sites is 3. The number of nitrogens with zero attached hydrogens (tertiary/aromatic N) is 5. The molecular formula is C52H33N5O. The normalized spacial score (nSPS) is 11.9. The van der Waals surface area contributed by atoms with Gasteiger partial charge in [-0.05, 0) is 55.0 Å². The lowest BCUT2D eigenvalue weighted by Crippen LogP contribution is -2.06. The van der Waals surface area contributed by atoms with Crippen LogP contribution < -0.4 is 0 Å². The minimum absolute atomic E-state index is 0.564. The van der Waals surface area contributed by atoms with Gasteiger partial charge in [0.25, 0.3) is 0 Å². The van der Waals surface area contributed by atoms with E-state index in [4.69, 9.17) is 19.4 Å². The van der Waals surface area contributed by atoms with Gasteiger partial charge in [-0.25, -0.2) is 4.98 Å². The zero-order chi connectivity index (χ0) is 38.3. The fourth-order valence-corrected chi connectivity index (χ4v) is 8.71. The first-order valence-corrected chi connectivity index (χ1v) is 19.5. The second-order valence-corrected chi connectivity index (χ2v) is 14.9. The highest BCUT2D eigenvalue weighted by atomic mass is 16.3. The van der Waals surface area contributed by atoms with Crippen LogP contribution in [0.2, 0.25) is 0 Å². The third-order valence-electron chi connectivity index (χ3n) is 11.4. The number of hydrogen-bond donors (Lipinski definition) is 0. The second-order valence-electron chi connectivity index (χ2n) is 14.9. The summed E-state index contributed by atoms with van der Waals surface area (Å²) in [5.74, 6) is 1.80. The van der Waals surface area contributed by atoms with Crippen molar-refractivity contribution in [1.29, 1.82) is 0 Å². The third-order valence-corrected chi connectivity index (χ3v) is 11.4. The molecule has 0 spiro atoms. The molecule has 0 aliphatic heterocycles. The maximum atomic E-state index is 6.62. The van der Waals surface area contributed by atoms with Crippen LogP contribution in [0.25, 0.3) is 111 Å². The summed E-state index contributed by atoms with van der Waals surface area (Å²) in [5, 5.41) is 6.79. The van der Waals surface area contributed by atoms with Gasteiger partial charge in [0.1, 0.15) is 11.2 Å². The molecule has 4 aromatic heterocycles. The van der Waals surface area contributed by atoms with Gasteiger partial charge in [0, 0.05) is 54.7 Å². The summed E-state index contributed by atoms with van der Waals surface area (Å²) in [6, 6.07) is 63.8. The lowest BCUT2D eigenvalue weighted by atomic mass is 10.00. The molecule has 0 radical (unpaired) electrons. The number of aryl methyl sites for hydroxylation is 1. The van der Waals surface area contributed by atoms with Gasteiger partial charge in [0.15, 0.2) is 11.6 Å². The molecule has 12 aromatic rings. The number of fused-ring (bicyclic) bond motifs is 9. The third kappa shape index (κ3) is 4.95. The van der Waals surface area contributed by atoms with Crippen molar-refractivity contribution in [2.45, 2.75) is 6.92 Å². The van der Waals surface area contributed by atoms with E-state index in [0.717, 1.165) is 82.7 Å². The van der Waals surface area contributed by atoms with Crippen molar-refractivity contribution < 1.29 is 4.42 Å². The zero-order valence-corrected chi connectivity index (χ0v) is 31.5. The monoisotopic (exact) mass is 743 g/mol. The Hall–Kier alpha value is -7.83. The molecule has 0 amide bonds. The van der Waals surface area contributed by atoms with Crippen LogP contribution in [0.4, 0.5) is 0 Å². The topological polar surface area (TPSA) is 61.7 Å². The van der Waals surface area contributed by atoms with Crippen LogP contribution >= 0.6 is 0 Å². The Morgan fingerprint density at radius 1 is 0.397 bits per heavy atom. The minimum Gasteiger partial charge on any atom is -0.455 e. The van der Waals surface area contributed by atoms with Crippen molar-refractivity contribution >= 4 is 65.6 Å². The number of aromatic nitrogens is 5. The Morgan fingerprint density at radius 2 is 0.948 bits per heavy atom. The van der Waals surface area contributed by atoms with Crippen molar-refractivity contribution in [1.82, 2.24) is 24.1 Å². The maximum Gasteiger partial charge on any atom is 0.238 e. The summed E-state index contributed by atoms with van der Waals surface area (Å²) in [6.45, 7) is 2.12. The summed E-state index contributed by atoms with van der Waals surface area (Å²) in [4.78, 5) is 15.4. The maximum absolute atomic E-state index is 6.62.